The highest BCUT2D eigenvalue weighted by Gasteiger charge is 2.17. The van der Waals surface area contributed by atoms with Crippen molar-refractivity contribution >= 4 is 23.6 Å². The molecule has 2 aromatic rings. The van der Waals surface area contributed by atoms with Gasteiger partial charge in [-0.3, -0.25) is 14.7 Å². The van der Waals surface area contributed by atoms with E-state index in [1.165, 1.54) is 11.2 Å². The lowest BCUT2D eigenvalue weighted by atomic mass is 10.1. The van der Waals surface area contributed by atoms with Gasteiger partial charge in [0.15, 0.2) is 5.16 Å². The molecule has 1 aromatic heterocycles. The first-order chi connectivity index (χ1) is 12.0. The molecule has 1 N–H and O–H groups in total. The zero-order chi connectivity index (χ0) is 18.2. The van der Waals surface area contributed by atoms with Gasteiger partial charge in [-0.2, -0.15) is 5.10 Å². The summed E-state index contributed by atoms with van der Waals surface area (Å²) in [7, 11) is 1.65. The van der Waals surface area contributed by atoms with Crippen molar-refractivity contribution < 1.29 is 9.59 Å². The first kappa shape index (κ1) is 19.0. The third kappa shape index (κ3) is 5.32. The smallest absolute Gasteiger partial charge is 0.254 e. The number of nitrogens with zero attached hydrogens (tertiary/aromatic N) is 4. The van der Waals surface area contributed by atoms with Gasteiger partial charge in [0, 0.05) is 31.5 Å². The van der Waals surface area contributed by atoms with E-state index in [9.17, 15) is 9.59 Å². The SMILES string of the molecule is CCN(CC)C(=O)CN(C)C(=O)c1ccc(CSc2ncn[nH]2)cc1. The molecule has 2 amide bonds. The van der Waals surface area contributed by atoms with E-state index in [4.69, 9.17) is 0 Å². The van der Waals surface area contributed by atoms with Crippen molar-refractivity contribution in [2.24, 2.45) is 0 Å². The van der Waals surface area contributed by atoms with Crippen molar-refractivity contribution in [1.82, 2.24) is 25.0 Å². The Labute approximate surface area is 151 Å². The van der Waals surface area contributed by atoms with Crippen molar-refractivity contribution in [3.05, 3.63) is 41.7 Å². The van der Waals surface area contributed by atoms with Crippen molar-refractivity contribution in [2.45, 2.75) is 24.8 Å². The van der Waals surface area contributed by atoms with Gasteiger partial charge in [0.25, 0.3) is 5.91 Å². The molecular formula is C17H23N5O2S. The number of H-pyrrole nitrogens is 1. The summed E-state index contributed by atoms with van der Waals surface area (Å²) in [5.41, 5.74) is 1.66. The summed E-state index contributed by atoms with van der Waals surface area (Å²) in [6, 6.07) is 7.40. The first-order valence-electron chi connectivity index (χ1n) is 8.15. The lowest BCUT2D eigenvalue weighted by Gasteiger charge is -2.23. The number of aromatic amines is 1. The van der Waals surface area contributed by atoms with Gasteiger partial charge in [-0.05, 0) is 31.5 Å². The van der Waals surface area contributed by atoms with Crippen LogP contribution in [0.2, 0.25) is 0 Å². The molecule has 2 rings (SSSR count). The second-order valence-electron chi connectivity index (χ2n) is 5.50. The standard InChI is InChI=1S/C17H23N5O2S/c1-4-22(5-2)15(23)10-21(3)16(24)14-8-6-13(7-9-14)11-25-17-18-12-19-20-17/h6-9,12H,4-5,10-11H2,1-3H3,(H,18,19,20). The molecule has 0 spiro atoms. The van der Waals surface area contributed by atoms with E-state index in [1.807, 2.05) is 26.0 Å². The Morgan fingerprint density at radius 2 is 1.84 bits per heavy atom. The van der Waals surface area contributed by atoms with Crippen LogP contribution in [-0.4, -0.2) is 63.5 Å². The van der Waals surface area contributed by atoms with Crippen LogP contribution in [0.25, 0.3) is 0 Å². The van der Waals surface area contributed by atoms with Gasteiger partial charge in [0.2, 0.25) is 5.91 Å². The van der Waals surface area contributed by atoms with Crippen molar-refractivity contribution in [3.63, 3.8) is 0 Å². The monoisotopic (exact) mass is 361 g/mol. The molecule has 1 aromatic carbocycles. The van der Waals surface area contributed by atoms with Crippen LogP contribution in [0, 0.1) is 0 Å². The molecule has 0 aliphatic heterocycles. The van der Waals surface area contributed by atoms with E-state index in [1.54, 1.807) is 35.8 Å². The van der Waals surface area contributed by atoms with E-state index in [0.717, 1.165) is 16.5 Å². The maximum Gasteiger partial charge on any atom is 0.254 e. The Balaban J connectivity index is 1.91. The Hall–Kier alpha value is -2.35. The van der Waals surface area contributed by atoms with E-state index >= 15 is 0 Å². The van der Waals surface area contributed by atoms with E-state index in [0.29, 0.717) is 18.7 Å². The maximum atomic E-state index is 12.5. The van der Waals surface area contributed by atoms with Gasteiger partial charge in [-0.25, -0.2) is 4.98 Å². The number of carbonyl (C=O) groups is 2. The van der Waals surface area contributed by atoms with Gasteiger partial charge in [-0.1, -0.05) is 23.9 Å². The second kappa shape index (κ2) is 9.22. The van der Waals surface area contributed by atoms with Gasteiger partial charge in [-0.15, -0.1) is 0 Å². The number of nitrogens with one attached hydrogen (secondary N) is 1. The molecule has 0 unspecified atom stereocenters. The zero-order valence-electron chi connectivity index (χ0n) is 14.7. The predicted octanol–water partition coefficient (Wildman–Crippen LogP) is 2.04. The van der Waals surface area contributed by atoms with Gasteiger partial charge >= 0.3 is 0 Å². The summed E-state index contributed by atoms with van der Waals surface area (Å²) < 4.78 is 0. The first-order valence-corrected chi connectivity index (χ1v) is 9.14. The van der Waals surface area contributed by atoms with E-state index in [2.05, 4.69) is 15.2 Å². The molecule has 0 saturated carbocycles. The van der Waals surface area contributed by atoms with Crippen molar-refractivity contribution in [2.75, 3.05) is 26.7 Å². The summed E-state index contributed by atoms with van der Waals surface area (Å²) in [6.45, 7) is 5.24. The number of aromatic nitrogens is 3. The average Bonchev–Trinajstić information content (AvgIpc) is 3.14. The van der Waals surface area contributed by atoms with Crippen molar-refractivity contribution in [3.8, 4) is 0 Å². The minimum Gasteiger partial charge on any atom is -0.342 e. The van der Waals surface area contributed by atoms with Crippen LogP contribution in [0.15, 0.2) is 35.7 Å². The molecule has 0 atom stereocenters. The fraction of sp³-hybridized carbons (Fsp3) is 0.412. The van der Waals surface area contributed by atoms with Crippen molar-refractivity contribution in [1.29, 1.82) is 0 Å². The van der Waals surface area contributed by atoms with Gasteiger partial charge in [0.1, 0.15) is 6.33 Å². The number of hydrogen-bond donors (Lipinski definition) is 1. The third-order valence-electron chi connectivity index (χ3n) is 3.80. The predicted molar refractivity (Wildman–Crippen MR) is 97.3 cm³/mol. The lowest BCUT2D eigenvalue weighted by Crippen LogP contribution is -2.41. The minimum absolute atomic E-state index is 0.0408. The highest BCUT2D eigenvalue weighted by molar-refractivity contribution is 7.98. The number of likely N-dealkylation sites (N-methyl/N-ethyl adjacent to an activating group) is 2. The lowest BCUT2D eigenvalue weighted by molar-refractivity contribution is -0.131. The Kier molecular flexibility index (Phi) is 7.00. The van der Waals surface area contributed by atoms with Crippen LogP contribution in [0.4, 0.5) is 0 Å². The minimum atomic E-state index is -0.157. The number of benzene rings is 1. The van der Waals surface area contributed by atoms with Crippen LogP contribution in [0.5, 0.6) is 0 Å². The Morgan fingerprint density at radius 1 is 1.16 bits per heavy atom. The van der Waals surface area contributed by atoms with Gasteiger partial charge in [0.05, 0.1) is 6.54 Å². The molecule has 25 heavy (non-hydrogen) atoms. The second-order valence-corrected chi connectivity index (χ2v) is 6.47. The van der Waals surface area contributed by atoms with Crippen LogP contribution in [-0.2, 0) is 10.5 Å². The summed E-state index contributed by atoms with van der Waals surface area (Å²) in [5, 5.41) is 7.35. The summed E-state index contributed by atoms with van der Waals surface area (Å²) in [5.74, 6) is 0.538. The fourth-order valence-electron chi connectivity index (χ4n) is 2.33. The number of rotatable bonds is 8. The molecule has 134 valence electrons. The molecule has 1 heterocycles. The molecule has 0 fully saturated rings. The quantitative estimate of drug-likeness (QED) is 0.728. The number of amides is 2. The summed E-state index contributed by atoms with van der Waals surface area (Å²) in [4.78, 5) is 31.8. The van der Waals surface area contributed by atoms with Gasteiger partial charge < -0.3 is 9.80 Å². The maximum absolute atomic E-state index is 12.5. The molecule has 0 bridgehead atoms. The van der Waals surface area contributed by atoms with E-state index in [-0.39, 0.29) is 18.4 Å². The van der Waals surface area contributed by atoms with Crippen LogP contribution >= 0.6 is 11.8 Å². The van der Waals surface area contributed by atoms with Crippen LogP contribution in [0.3, 0.4) is 0 Å². The molecule has 0 aliphatic rings. The topological polar surface area (TPSA) is 82.2 Å². The van der Waals surface area contributed by atoms with E-state index < -0.39 is 0 Å². The molecule has 8 heteroatoms. The Bertz CT molecular complexity index is 684. The largest absolute Gasteiger partial charge is 0.342 e. The summed E-state index contributed by atoms with van der Waals surface area (Å²) >= 11 is 1.54. The average molecular weight is 361 g/mol. The molecule has 0 aliphatic carbocycles. The number of thioether (sulfide) groups is 1. The number of carbonyl (C=O) groups excluding carboxylic acids is 2. The fourth-order valence-corrected chi connectivity index (χ4v) is 3.07. The molecular weight excluding hydrogens is 338 g/mol. The molecule has 0 saturated heterocycles. The van der Waals surface area contributed by atoms with Crippen LogP contribution < -0.4 is 0 Å². The summed E-state index contributed by atoms with van der Waals surface area (Å²) in [6.07, 6.45) is 1.47. The zero-order valence-corrected chi connectivity index (χ0v) is 15.5. The Morgan fingerprint density at radius 3 is 2.40 bits per heavy atom. The molecule has 0 radical (unpaired) electrons. The highest BCUT2D eigenvalue weighted by Crippen LogP contribution is 2.18. The number of hydrogen-bond acceptors (Lipinski definition) is 5. The molecule has 7 nitrogen and oxygen atoms in total. The third-order valence-corrected chi connectivity index (χ3v) is 4.75. The normalized spacial score (nSPS) is 10.5. The highest BCUT2D eigenvalue weighted by atomic mass is 32.2. The van der Waals surface area contributed by atoms with Crippen LogP contribution in [0.1, 0.15) is 29.8 Å².